The molecule has 24 heavy (non-hydrogen) atoms. The standard InChI is InChI=1S/C20H35N3O/c1-17(2)15-22-9-11-23(12-10-22)16-19-7-6-18(14-21-19)8-13-24-20(3,4)5/h6-7,14,17H,8-13,15-16H2,1-5H3. The molecule has 0 aromatic carbocycles. The van der Waals surface area contributed by atoms with E-state index in [-0.39, 0.29) is 5.60 Å². The molecule has 0 amide bonds. The third-order valence-electron chi connectivity index (χ3n) is 4.29. The Morgan fingerprint density at radius 3 is 2.29 bits per heavy atom. The van der Waals surface area contributed by atoms with E-state index in [2.05, 4.69) is 61.5 Å². The van der Waals surface area contributed by atoms with E-state index in [1.807, 2.05) is 6.20 Å². The summed E-state index contributed by atoms with van der Waals surface area (Å²) in [6, 6.07) is 4.37. The number of piperazine rings is 1. The van der Waals surface area contributed by atoms with E-state index >= 15 is 0 Å². The monoisotopic (exact) mass is 333 g/mol. The van der Waals surface area contributed by atoms with Crippen molar-refractivity contribution in [2.24, 2.45) is 5.92 Å². The number of aromatic nitrogens is 1. The number of hydrogen-bond acceptors (Lipinski definition) is 4. The predicted molar refractivity (Wildman–Crippen MR) is 100 cm³/mol. The topological polar surface area (TPSA) is 28.6 Å². The summed E-state index contributed by atoms with van der Waals surface area (Å²) in [4.78, 5) is 9.74. The lowest BCUT2D eigenvalue weighted by Gasteiger charge is -2.35. The highest BCUT2D eigenvalue weighted by Crippen LogP contribution is 2.11. The summed E-state index contributed by atoms with van der Waals surface area (Å²) in [6.45, 7) is 18.5. The molecule has 0 spiro atoms. The first-order chi connectivity index (χ1) is 11.3. The van der Waals surface area contributed by atoms with E-state index in [1.54, 1.807) is 0 Å². The molecule has 1 aliphatic rings. The van der Waals surface area contributed by atoms with Gasteiger partial charge in [0.25, 0.3) is 0 Å². The van der Waals surface area contributed by atoms with Gasteiger partial charge in [0.15, 0.2) is 0 Å². The third kappa shape index (κ3) is 7.29. The Morgan fingerprint density at radius 1 is 1.08 bits per heavy atom. The summed E-state index contributed by atoms with van der Waals surface area (Å²) in [6.07, 6.45) is 2.94. The number of hydrogen-bond donors (Lipinski definition) is 0. The summed E-state index contributed by atoms with van der Waals surface area (Å²) in [5.74, 6) is 0.757. The molecular weight excluding hydrogens is 298 g/mol. The zero-order valence-electron chi connectivity index (χ0n) is 16.2. The van der Waals surface area contributed by atoms with E-state index in [0.717, 1.165) is 38.6 Å². The summed E-state index contributed by atoms with van der Waals surface area (Å²) >= 11 is 0. The maximum atomic E-state index is 5.78. The van der Waals surface area contributed by atoms with Crippen molar-refractivity contribution in [2.45, 2.75) is 53.2 Å². The highest BCUT2D eigenvalue weighted by molar-refractivity contribution is 5.14. The molecule has 1 aromatic rings. The van der Waals surface area contributed by atoms with E-state index in [9.17, 15) is 0 Å². The average molecular weight is 334 g/mol. The molecule has 0 saturated carbocycles. The minimum atomic E-state index is -0.0644. The summed E-state index contributed by atoms with van der Waals surface area (Å²) in [5.41, 5.74) is 2.36. The number of nitrogens with zero attached hydrogens (tertiary/aromatic N) is 3. The fraction of sp³-hybridized carbons (Fsp3) is 0.750. The van der Waals surface area contributed by atoms with Crippen LogP contribution >= 0.6 is 0 Å². The molecule has 0 N–H and O–H groups in total. The Hall–Kier alpha value is -0.970. The first kappa shape index (κ1) is 19.4. The van der Waals surface area contributed by atoms with E-state index in [4.69, 9.17) is 4.74 Å². The lowest BCUT2D eigenvalue weighted by atomic mass is 10.1. The molecule has 0 bridgehead atoms. The van der Waals surface area contributed by atoms with Gasteiger partial charge in [0.05, 0.1) is 17.9 Å². The van der Waals surface area contributed by atoms with Crippen LogP contribution in [0.4, 0.5) is 0 Å². The van der Waals surface area contributed by atoms with Gasteiger partial charge in [-0.25, -0.2) is 0 Å². The molecule has 1 saturated heterocycles. The molecule has 0 atom stereocenters. The Labute approximate surface area is 148 Å². The summed E-state index contributed by atoms with van der Waals surface area (Å²) in [7, 11) is 0. The minimum absolute atomic E-state index is 0.0644. The Morgan fingerprint density at radius 2 is 1.75 bits per heavy atom. The van der Waals surface area contributed by atoms with Crippen LogP contribution in [0.5, 0.6) is 0 Å². The minimum Gasteiger partial charge on any atom is -0.376 e. The smallest absolute Gasteiger partial charge is 0.0598 e. The molecule has 1 aliphatic heterocycles. The van der Waals surface area contributed by atoms with E-state index in [1.165, 1.54) is 30.9 Å². The largest absolute Gasteiger partial charge is 0.376 e. The van der Waals surface area contributed by atoms with Gasteiger partial charge in [-0.05, 0) is 44.7 Å². The molecule has 1 fully saturated rings. The Balaban J connectivity index is 1.72. The maximum Gasteiger partial charge on any atom is 0.0598 e. The van der Waals surface area contributed by atoms with Crippen LogP contribution in [0.15, 0.2) is 18.3 Å². The number of pyridine rings is 1. The highest BCUT2D eigenvalue weighted by Gasteiger charge is 2.17. The molecule has 0 aliphatic carbocycles. The van der Waals surface area contributed by atoms with Gasteiger partial charge in [-0.15, -0.1) is 0 Å². The van der Waals surface area contributed by atoms with Crippen LogP contribution in [0.2, 0.25) is 0 Å². The van der Waals surface area contributed by atoms with Crippen LogP contribution in [0.1, 0.15) is 45.9 Å². The first-order valence-electron chi connectivity index (χ1n) is 9.34. The summed E-state index contributed by atoms with van der Waals surface area (Å²) in [5, 5.41) is 0. The number of rotatable bonds is 7. The molecule has 136 valence electrons. The lowest BCUT2D eigenvalue weighted by molar-refractivity contribution is -0.00101. The predicted octanol–water partition coefficient (Wildman–Crippen LogP) is 3.21. The SMILES string of the molecule is CC(C)CN1CCN(Cc2ccc(CCOC(C)(C)C)cn2)CC1. The van der Waals surface area contributed by atoms with Gasteiger partial charge in [-0.2, -0.15) is 0 Å². The molecule has 2 heterocycles. The third-order valence-corrected chi connectivity index (χ3v) is 4.29. The normalized spacial score (nSPS) is 17.6. The fourth-order valence-corrected chi connectivity index (χ4v) is 3.05. The van der Waals surface area contributed by atoms with E-state index in [0.29, 0.717) is 0 Å². The second kappa shape index (κ2) is 8.93. The van der Waals surface area contributed by atoms with Crippen molar-refractivity contribution in [3.8, 4) is 0 Å². The average Bonchev–Trinajstić information content (AvgIpc) is 2.49. The second-order valence-electron chi connectivity index (χ2n) is 8.34. The zero-order chi connectivity index (χ0) is 17.6. The van der Waals surface area contributed by atoms with Gasteiger partial charge in [0, 0.05) is 45.5 Å². The van der Waals surface area contributed by atoms with Gasteiger partial charge in [-0.1, -0.05) is 19.9 Å². The van der Waals surface area contributed by atoms with Crippen molar-refractivity contribution in [3.63, 3.8) is 0 Å². The summed E-state index contributed by atoms with van der Waals surface area (Å²) < 4.78 is 5.78. The molecule has 0 radical (unpaired) electrons. The van der Waals surface area contributed by atoms with Crippen molar-refractivity contribution in [3.05, 3.63) is 29.6 Å². The van der Waals surface area contributed by atoms with Crippen molar-refractivity contribution in [1.29, 1.82) is 0 Å². The fourth-order valence-electron chi connectivity index (χ4n) is 3.05. The number of ether oxygens (including phenoxy) is 1. The zero-order valence-corrected chi connectivity index (χ0v) is 16.2. The van der Waals surface area contributed by atoms with Crippen LogP contribution in [0, 0.1) is 5.92 Å². The first-order valence-corrected chi connectivity index (χ1v) is 9.34. The quantitative estimate of drug-likeness (QED) is 0.766. The lowest BCUT2D eigenvalue weighted by Crippen LogP contribution is -2.46. The van der Waals surface area contributed by atoms with Crippen LogP contribution in [0.3, 0.4) is 0 Å². The highest BCUT2D eigenvalue weighted by atomic mass is 16.5. The van der Waals surface area contributed by atoms with Crippen LogP contribution < -0.4 is 0 Å². The molecule has 4 nitrogen and oxygen atoms in total. The van der Waals surface area contributed by atoms with Gasteiger partial charge < -0.3 is 9.64 Å². The van der Waals surface area contributed by atoms with Crippen LogP contribution in [-0.2, 0) is 17.7 Å². The van der Waals surface area contributed by atoms with Gasteiger partial charge in [-0.3, -0.25) is 9.88 Å². The van der Waals surface area contributed by atoms with Gasteiger partial charge >= 0.3 is 0 Å². The van der Waals surface area contributed by atoms with Gasteiger partial charge in [0.2, 0.25) is 0 Å². The van der Waals surface area contributed by atoms with Crippen molar-refractivity contribution < 1.29 is 4.74 Å². The maximum absolute atomic E-state index is 5.78. The molecular formula is C20H35N3O. The van der Waals surface area contributed by atoms with Crippen LogP contribution in [0.25, 0.3) is 0 Å². The van der Waals surface area contributed by atoms with Crippen molar-refractivity contribution >= 4 is 0 Å². The molecule has 0 unspecified atom stereocenters. The van der Waals surface area contributed by atoms with E-state index < -0.39 is 0 Å². The van der Waals surface area contributed by atoms with Crippen LogP contribution in [-0.4, -0.2) is 59.7 Å². The second-order valence-corrected chi connectivity index (χ2v) is 8.34. The Kier molecular flexibility index (Phi) is 7.20. The molecule has 2 rings (SSSR count). The molecule has 1 aromatic heterocycles. The van der Waals surface area contributed by atoms with Gasteiger partial charge in [0.1, 0.15) is 0 Å². The molecule has 4 heteroatoms. The Bertz CT molecular complexity index is 471. The van der Waals surface area contributed by atoms with Crippen molar-refractivity contribution in [2.75, 3.05) is 39.3 Å². The van der Waals surface area contributed by atoms with Crippen molar-refractivity contribution in [1.82, 2.24) is 14.8 Å².